The molecule has 3 rings (SSSR count). The number of nitrogens with zero attached hydrogens (tertiary/aromatic N) is 3. The summed E-state index contributed by atoms with van der Waals surface area (Å²) < 4.78 is 12.8. The molecule has 0 aliphatic heterocycles. The van der Waals surface area contributed by atoms with E-state index in [0.29, 0.717) is 17.3 Å². The second kappa shape index (κ2) is 3.74. The lowest BCUT2D eigenvalue weighted by molar-refractivity contribution is 0.621. The summed E-state index contributed by atoms with van der Waals surface area (Å²) in [6.07, 6.45) is 1.13. The smallest absolute Gasteiger partial charge is 0.181 e. The Labute approximate surface area is 100.0 Å². The molecule has 0 saturated heterocycles. The minimum Gasteiger partial charge on any atom is -0.383 e. The predicted molar refractivity (Wildman–Crippen MR) is 65.0 cm³/mol. The fraction of sp³-hybridized carbons (Fsp3) is 0. The molecule has 3 aromatic rings. The highest BCUT2D eigenvalue weighted by molar-refractivity contribution is 7.16. The molecule has 0 fully saturated rings. The number of fused-ring (bicyclic) bond motifs is 1. The zero-order valence-corrected chi connectivity index (χ0v) is 9.41. The highest BCUT2D eigenvalue weighted by Crippen LogP contribution is 2.25. The molecule has 0 aliphatic rings. The van der Waals surface area contributed by atoms with E-state index in [9.17, 15) is 4.39 Å². The molecule has 0 saturated carbocycles. The van der Waals surface area contributed by atoms with Crippen LogP contribution in [-0.4, -0.2) is 15.0 Å². The molecule has 4 nitrogen and oxygen atoms in total. The minimum absolute atomic E-state index is 0.390. The van der Waals surface area contributed by atoms with E-state index < -0.39 is 0 Å². The monoisotopic (exact) mass is 246 g/mol. The lowest BCUT2D eigenvalue weighted by Crippen LogP contribution is -1.97. The maximum atomic E-state index is 12.8. The number of thiophene rings is 1. The fourth-order valence-electron chi connectivity index (χ4n) is 1.50. The molecule has 0 bridgehead atoms. The average Bonchev–Trinajstić information content (AvgIpc) is 2.78. The van der Waals surface area contributed by atoms with Gasteiger partial charge in [-0.15, -0.1) is 11.3 Å². The van der Waals surface area contributed by atoms with Crippen molar-refractivity contribution in [2.45, 2.75) is 0 Å². The molecule has 3 heterocycles. The first-order valence-corrected chi connectivity index (χ1v) is 5.74. The van der Waals surface area contributed by atoms with Crippen LogP contribution >= 0.6 is 11.3 Å². The van der Waals surface area contributed by atoms with Crippen LogP contribution in [0.15, 0.2) is 29.8 Å². The molecule has 6 heteroatoms. The van der Waals surface area contributed by atoms with Crippen molar-refractivity contribution in [2.24, 2.45) is 0 Å². The summed E-state index contributed by atoms with van der Waals surface area (Å²) >= 11 is 1.48. The van der Waals surface area contributed by atoms with Crippen molar-refractivity contribution in [3.63, 3.8) is 0 Å². The van der Waals surface area contributed by atoms with Gasteiger partial charge in [-0.05, 0) is 23.6 Å². The van der Waals surface area contributed by atoms with Gasteiger partial charge in [-0.25, -0.2) is 19.3 Å². The highest BCUT2D eigenvalue weighted by Gasteiger charge is 2.09. The Kier molecular flexibility index (Phi) is 2.22. The zero-order valence-electron chi connectivity index (χ0n) is 8.59. The summed E-state index contributed by atoms with van der Waals surface area (Å²) in [7, 11) is 0. The molecule has 17 heavy (non-hydrogen) atoms. The molecule has 0 aromatic carbocycles. The second-order valence-electron chi connectivity index (χ2n) is 3.43. The van der Waals surface area contributed by atoms with Gasteiger partial charge in [-0.2, -0.15) is 0 Å². The number of rotatable bonds is 1. The van der Waals surface area contributed by atoms with E-state index in [0.717, 1.165) is 16.4 Å². The van der Waals surface area contributed by atoms with Crippen LogP contribution in [0.1, 0.15) is 0 Å². The van der Waals surface area contributed by atoms with Crippen molar-refractivity contribution in [1.29, 1.82) is 0 Å². The Balaban J connectivity index is 2.20. The normalized spacial score (nSPS) is 10.9. The number of nitrogens with two attached hydrogens (primary N) is 1. The number of hydrogen-bond donors (Lipinski definition) is 1. The van der Waals surface area contributed by atoms with Gasteiger partial charge in [-0.3, -0.25) is 0 Å². The first-order valence-electron chi connectivity index (χ1n) is 4.87. The quantitative estimate of drug-likeness (QED) is 0.716. The number of pyridine rings is 1. The molecule has 0 atom stereocenters. The van der Waals surface area contributed by atoms with Crippen molar-refractivity contribution in [3.05, 3.63) is 35.6 Å². The maximum absolute atomic E-state index is 12.8. The van der Waals surface area contributed by atoms with E-state index in [1.165, 1.54) is 23.5 Å². The van der Waals surface area contributed by atoms with Gasteiger partial charge >= 0.3 is 0 Å². The van der Waals surface area contributed by atoms with Crippen LogP contribution in [0.3, 0.4) is 0 Å². The summed E-state index contributed by atoms with van der Waals surface area (Å²) in [6, 6.07) is 4.72. The molecule has 0 aliphatic carbocycles. The summed E-state index contributed by atoms with van der Waals surface area (Å²) in [5.74, 6) is 0.439. The Morgan fingerprint density at radius 2 is 2.06 bits per heavy atom. The number of aromatic nitrogens is 3. The van der Waals surface area contributed by atoms with Crippen LogP contribution in [0.25, 0.3) is 21.7 Å². The molecule has 0 unspecified atom stereocenters. The van der Waals surface area contributed by atoms with Crippen molar-refractivity contribution in [3.8, 4) is 11.5 Å². The van der Waals surface area contributed by atoms with Crippen LogP contribution in [-0.2, 0) is 0 Å². The third-order valence-electron chi connectivity index (χ3n) is 2.31. The van der Waals surface area contributed by atoms with Gasteiger partial charge in [0.05, 0.1) is 11.6 Å². The molecular weight excluding hydrogens is 239 g/mol. The lowest BCUT2D eigenvalue weighted by Gasteiger charge is -2.01. The van der Waals surface area contributed by atoms with E-state index in [1.807, 2.05) is 11.4 Å². The number of anilines is 1. The van der Waals surface area contributed by atoms with Crippen LogP contribution in [0.4, 0.5) is 10.2 Å². The van der Waals surface area contributed by atoms with Crippen molar-refractivity contribution in [1.82, 2.24) is 15.0 Å². The van der Waals surface area contributed by atoms with Gasteiger partial charge in [-0.1, -0.05) is 0 Å². The standard InChI is InChI=1S/C11H7FN4S/c12-6-1-2-8(14-5-6)10-15-9(13)7-3-4-17-11(7)16-10/h1-5H,(H2,13,15,16). The molecular formula is C11H7FN4S. The molecule has 0 spiro atoms. The maximum Gasteiger partial charge on any atom is 0.181 e. The van der Waals surface area contributed by atoms with Gasteiger partial charge in [0.1, 0.15) is 22.2 Å². The summed E-state index contributed by atoms with van der Waals surface area (Å²) in [5.41, 5.74) is 6.33. The third kappa shape index (κ3) is 1.72. The van der Waals surface area contributed by atoms with Crippen LogP contribution in [0, 0.1) is 5.82 Å². The Hall–Kier alpha value is -2.08. The van der Waals surface area contributed by atoms with E-state index in [-0.39, 0.29) is 5.82 Å². The topological polar surface area (TPSA) is 64.7 Å². The van der Waals surface area contributed by atoms with Crippen LogP contribution in [0.5, 0.6) is 0 Å². The van der Waals surface area contributed by atoms with Gasteiger partial charge < -0.3 is 5.73 Å². The van der Waals surface area contributed by atoms with E-state index in [1.54, 1.807) is 0 Å². The average molecular weight is 246 g/mol. The molecule has 84 valence electrons. The number of nitrogen functional groups attached to an aromatic ring is 1. The van der Waals surface area contributed by atoms with Gasteiger partial charge in [0.25, 0.3) is 0 Å². The van der Waals surface area contributed by atoms with Crippen LogP contribution < -0.4 is 5.73 Å². The lowest BCUT2D eigenvalue weighted by atomic mass is 10.3. The Bertz CT molecular complexity index is 678. The SMILES string of the molecule is Nc1nc(-c2ccc(F)cn2)nc2sccc12. The number of halogens is 1. The van der Waals surface area contributed by atoms with E-state index in [2.05, 4.69) is 15.0 Å². The molecule has 3 aromatic heterocycles. The van der Waals surface area contributed by atoms with E-state index >= 15 is 0 Å². The first-order chi connectivity index (χ1) is 8.24. The summed E-state index contributed by atoms with van der Waals surface area (Å²) in [6.45, 7) is 0. The Morgan fingerprint density at radius 1 is 1.18 bits per heavy atom. The largest absolute Gasteiger partial charge is 0.383 e. The van der Waals surface area contributed by atoms with Gasteiger partial charge in [0.15, 0.2) is 5.82 Å². The molecule has 2 N–H and O–H groups in total. The van der Waals surface area contributed by atoms with Crippen molar-refractivity contribution in [2.75, 3.05) is 5.73 Å². The predicted octanol–water partition coefficient (Wildman–Crippen LogP) is 2.47. The summed E-state index contributed by atoms with van der Waals surface area (Å²) in [4.78, 5) is 13.2. The Morgan fingerprint density at radius 3 is 2.82 bits per heavy atom. The fourth-order valence-corrected chi connectivity index (χ4v) is 2.27. The first kappa shape index (κ1) is 10.1. The van der Waals surface area contributed by atoms with Gasteiger partial charge in [0.2, 0.25) is 0 Å². The zero-order chi connectivity index (χ0) is 11.8. The van der Waals surface area contributed by atoms with Crippen LogP contribution in [0.2, 0.25) is 0 Å². The summed E-state index contributed by atoms with van der Waals surface area (Å²) in [5, 5.41) is 2.73. The van der Waals surface area contributed by atoms with E-state index in [4.69, 9.17) is 5.73 Å². The van der Waals surface area contributed by atoms with Crippen molar-refractivity contribution < 1.29 is 4.39 Å². The molecule has 0 amide bonds. The van der Waals surface area contributed by atoms with Crippen molar-refractivity contribution >= 4 is 27.4 Å². The molecule has 0 radical (unpaired) electrons. The number of hydrogen-bond acceptors (Lipinski definition) is 5. The second-order valence-corrected chi connectivity index (χ2v) is 4.33. The minimum atomic E-state index is -0.390. The highest BCUT2D eigenvalue weighted by atomic mass is 32.1. The third-order valence-corrected chi connectivity index (χ3v) is 3.12. The van der Waals surface area contributed by atoms with Gasteiger partial charge in [0, 0.05) is 0 Å².